The first kappa shape index (κ1) is 14.6. The van der Waals surface area contributed by atoms with E-state index in [0.29, 0.717) is 10.9 Å². The molecule has 1 aromatic heterocycles. The van der Waals surface area contributed by atoms with Crippen LogP contribution in [0.1, 0.15) is 33.3 Å². The minimum atomic E-state index is -0.505. The zero-order chi connectivity index (χ0) is 14.4. The fourth-order valence-corrected chi connectivity index (χ4v) is 2.33. The molecule has 2 heterocycles. The number of halogens is 1. The lowest BCUT2D eigenvalue weighted by Gasteiger charge is -2.32. The first-order chi connectivity index (χ1) is 8.69. The molecule has 1 aromatic rings. The van der Waals surface area contributed by atoms with Gasteiger partial charge in [0.25, 0.3) is 0 Å². The van der Waals surface area contributed by atoms with Crippen LogP contribution in [-0.4, -0.2) is 30.4 Å². The average molecular weight is 284 g/mol. The van der Waals surface area contributed by atoms with Gasteiger partial charge in [-0.15, -0.1) is 0 Å². The van der Waals surface area contributed by atoms with E-state index in [4.69, 9.17) is 25.6 Å². The summed E-state index contributed by atoms with van der Waals surface area (Å²) in [4.78, 5) is 4.14. The number of hydrogen-bond acceptors (Lipinski definition) is 4. The lowest BCUT2D eigenvalue weighted by atomic mass is 9.77. The maximum atomic E-state index is 6.33. The molecule has 0 aromatic carbocycles. The molecule has 19 heavy (non-hydrogen) atoms. The van der Waals surface area contributed by atoms with Crippen LogP contribution in [0.15, 0.2) is 6.20 Å². The van der Waals surface area contributed by atoms with Crippen LogP contribution in [0.3, 0.4) is 0 Å². The maximum Gasteiger partial charge on any atom is 0.496 e. The predicted molar refractivity (Wildman–Crippen MR) is 76.3 cm³/mol. The monoisotopic (exact) mass is 283 g/mol. The Morgan fingerprint density at radius 1 is 1.21 bits per heavy atom. The summed E-state index contributed by atoms with van der Waals surface area (Å²) in [7, 11) is 1.03. The first-order valence-electron chi connectivity index (χ1n) is 6.24. The molecule has 104 valence electrons. The SMILES string of the molecule is COc1ncc(C)c(B2OC(C)(C)C(C)(C)O2)c1Cl. The number of nitrogens with zero attached hydrogens (tertiary/aromatic N) is 1. The van der Waals surface area contributed by atoms with Gasteiger partial charge in [-0.3, -0.25) is 0 Å². The smallest absolute Gasteiger partial charge is 0.480 e. The molecule has 0 spiro atoms. The Labute approximate surface area is 119 Å². The molecule has 0 unspecified atom stereocenters. The fraction of sp³-hybridized carbons (Fsp3) is 0.615. The first-order valence-corrected chi connectivity index (χ1v) is 6.62. The van der Waals surface area contributed by atoms with E-state index in [0.717, 1.165) is 11.0 Å². The van der Waals surface area contributed by atoms with Gasteiger partial charge in [0.2, 0.25) is 5.88 Å². The van der Waals surface area contributed by atoms with E-state index < -0.39 is 18.3 Å². The molecule has 4 nitrogen and oxygen atoms in total. The van der Waals surface area contributed by atoms with Crippen molar-refractivity contribution in [3.8, 4) is 5.88 Å². The highest BCUT2D eigenvalue weighted by atomic mass is 35.5. The fourth-order valence-electron chi connectivity index (χ4n) is 1.96. The lowest BCUT2D eigenvalue weighted by molar-refractivity contribution is 0.00578. The third kappa shape index (κ3) is 2.35. The molecular weight excluding hydrogens is 264 g/mol. The minimum Gasteiger partial charge on any atom is -0.480 e. The number of aromatic nitrogens is 1. The minimum absolute atomic E-state index is 0.386. The molecule has 0 N–H and O–H groups in total. The van der Waals surface area contributed by atoms with Gasteiger partial charge in [-0.25, -0.2) is 4.98 Å². The summed E-state index contributed by atoms with van der Waals surface area (Å²) in [6.45, 7) is 9.96. The van der Waals surface area contributed by atoms with Crippen LogP contribution in [-0.2, 0) is 9.31 Å². The number of aryl methyl sites for hydroxylation is 1. The number of pyridine rings is 1. The van der Waals surface area contributed by atoms with Crippen LogP contribution in [0.2, 0.25) is 5.02 Å². The molecule has 2 rings (SSSR count). The van der Waals surface area contributed by atoms with Crippen molar-refractivity contribution in [3.63, 3.8) is 0 Å². The summed E-state index contributed by atoms with van der Waals surface area (Å²) in [5.41, 5.74) is 0.907. The van der Waals surface area contributed by atoms with Crippen molar-refractivity contribution in [3.05, 3.63) is 16.8 Å². The molecule has 1 aliphatic rings. The average Bonchev–Trinajstić information content (AvgIpc) is 2.48. The normalized spacial score (nSPS) is 20.7. The van der Waals surface area contributed by atoms with E-state index in [9.17, 15) is 0 Å². The Hall–Kier alpha value is -0.775. The van der Waals surface area contributed by atoms with Crippen molar-refractivity contribution in [1.29, 1.82) is 0 Å². The van der Waals surface area contributed by atoms with Crippen molar-refractivity contribution in [2.75, 3.05) is 7.11 Å². The van der Waals surface area contributed by atoms with Gasteiger partial charge in [0.15, 0.2) is 0 Å². The zero-order valence-corrected chi connectivity index (χ0v) is 13.0. The molecule has 0 saturated carbocycles. The van der Waals surface area contributed by atoms with Crippen molar-refractivity contribution in [2.24, 2.45) is 0 Å². The van der Waals surface area contributed by atoms with Crippen LogP contribution in [0.25, 0.3) is 0 Å². The van der Waals surface area contributed by atoms with Crippen molar-refractivity contribution in [2.45, 2.75) is 45.8 Å². The highest BCUT2D eigenvalue weighted by molar-refractivity contribution is 6.66. The van der Waals surface area contributed by atoms with Crippen LogP contribution in [0.5, 0.6) is 5.88 Å². The molecule has 1 aliphatic heterocycles. The Kier molecular flexibility index (Phi) is 3.58. The van der Waals surface area contributed by atoms with E-state index in [1.54, 1.807) is 6.20 Å². The molecule has 1 saturated heterocycles. The van der Waals surface area contributed by atoms with Crippen molar-refractivity contribution in [1.82, 2.24) is 4.98 Å². The standard InChI is InChI=1S/C13H19BClNO3/c1-8-7-16-11(17-6)10(15)9(8)14-18-12(2,3)13(4,5)19-14/h7H,1-6H3. The number of methoxy groups -OCH3 is 1. The Bertz CT molecular complexity index is 489. The lowest BCUT2D eigenvalue weighted by Crippen LogP contribution is -2.41. The predicted octanol–water partition coefficient (Wildman–Crippen LogP) is 2.35. The summed E-state index contributed by atoms with van der Waals surface area (Å²) >= 11 is 6.33. The largest absolute Gasteiger partial charge is 0.496 e. The van der Waals surface area contributed by atoms with Crippen LogP contribution < -0.4 is 10.2 Å². The summed E-state index contributed by atoms with van der Waals surface area (Å²) in [6.07, 6.45) is 1.71. The summed E-state index contributed by atoms with van der Waals surface area (Å²) in [5, 5.41) is 0.445. The second-order valence-corrected chi connectivity index (χ2v) is 6.14. The highest BCUT2D eigenvalue weighted by Crippen LogP contribution is 2.37. The topological polar surface area (TPSA) is 40.6 Å². The molecule has 1 fully saturated rings. The second kappa shape index (κ2) is 4.65. The van der Waals surface area contributed by atoms with E-state index in [2.05, 4.69) is 4.98 Å². The Morgan fingerprint density at radius 3 is 2.21 bits per heavy atom. The second-order valence-electron chi connectivity index (χ2n) is 5.77. The van der Waals surface area contributed by atoms with E-state index in [1.165, 1.54) is 7.11 Å². The maximum absolute atomic E-state index is 6.33. The van der Waals surface area contributed by atoms with Gasteiger partial charge in [-0.1, -0.05) is 11.6 Å². The van der Waals surface area contributed by atoms with Crippen molar-refractivity contribution < 1.29 is 14.0 Å². The number of hydrogen-bond donors (Lipinski definition) is 0. The van der Waals surface area contributed by atoms with Gasteiger partial charge in [0.05, 0.1) is 18.3 Å². The van der Waals surface area contributed by atoms with Crippen molar-refractivity contribution >= 4 is 24.2 Å². The third-order valence-electron chi connectivity index (χ3n) is 3.91. The quantitative estimate of drug-likeness (QED) is 0.781. The Morgan fingerprint density at radius 2 is 1.74 bits per heavy atom. The van der Waals surface area contributed by atoms with Crippen LogP contribution in [0, 0.1) is 6.92 Å². The van der Waals surface area contributed by atoms with Crippen LogP contribution in [0.4, 0.5) is 0 Å². The molecule has 0 bridgehead atoms. The number of rotatable bonds is 2. The van der Waals surface area contributed by atoms with Gasteiger partial charge >= 0.3 is 7.12 Å². The molecule has 6 heteroatoms. The van der Waals surface area contributed by atoms with E-state index >= 15 is 0 Å². The summed E-state index contributed by atoms with van der Waals surface area (Å²) < 4.78 is 17.2. The molecular formula is C13H19BClNO3. The van der Waals surface area contributed by atoms with Gasteiger partial charge in [-0.2, -0.15) is 0 Å². The zero-order valence-electron chi connectivity index (χ0n) is 12.2. The summed E-state index contributed by atoms with van der Waals surface area (Å²) in [5.74, 6) is 0.386. The third-order valence-corrected chi connectivity index (χ3v) is 4.27. The van der Waals surface area contributed by atoms with Gasteiger partial charge in [-0.05, 0) is 40.2 Å². The van der Waals surface area contributed by atoms with Gasteiger partial charge < -0.3 is 14.0 Å². The molecule has 0 amide bonds. The Balaban J connectivity index is 2.45. The van der Waals surface area contributed by atoms with E-state index in [-0.39, 0.29) is 0 Å². The van der Waals surface area contributed by atoms with Crippen LogP contribution >= 0.6 is 11.6 Å². The summed E-state index contributed by atoms with van der Waals surface area (Å²) in [6, 6.07) is 0. The molecule has 0 atom stereocenters. The van der Waals surface area contributed by atoms with Gasteiger partial charge in [0.1, 0.15) is 5.02 Å². The van der Waals surface area contributed by atoms with Gasteiger partial charge in [0, 0.05) is 11.7 Å². The molecule has 0 radical (unpaired) electrons. The van der Waals surface area contributed by atoms with E-state index in [1.807, 2.05) is 34.6 Å². The highest BCUT2D eigenvalue weighted by Gasteiger charge is 2.52. The molecule has 0 aliphatic carbocycles. The number of ether oxygens (including phenoxy) is 1.